The largest absolute Gasteiger partial charge is 0.481 e. The average molecular weight is 287 g/mol. The Morgan fingerprint density at radius 2 is 2.10 bits per heavy atom. The molecule has 0 radical (unpaired) electrons. The Balaban J connectivity index is 1.58. The number of carbonyl (C=O) groups is 1. The van der Waals surface area contributed by atoms with Gasteiger partial charge in [-0.3, -0.25) is 4.79 Å². The van der Waals surface area contributed by atoms with Crippen LogP contribution in [0.3, 0.4) is 0 Å². The van der Waals surface area contributed by atoms with Gasteiger partial charge in [-0.25, -0.2) is 0 Å². The third kappa shape index (κ3) is 2.92. The van der Waals surface area contributed by atoms with Crippen molar-refractivity contribution in [2.24, 2.45) is 11.8 Å². The molecule has 1 aromatic carbocycles. The first-order valence-corrected chi connectivity index (χ1v) is 8.08. The maximum atomic E-state index is 12.3. The molecule has 0 saturated heterocycles. The van der Waals surface area contributed by atoms with E-state index in [9.17, 15) is 4.79 Å². The second-order valence-electron chi connectivity index (χ2n) is 6.75. The number of rotatable bonds is 4. The summed E-state index contributed by atoms with van der Waals surface area (Å²) in [5.41, 5.74) is 2.30. The lowest BCUT2D eigenvalue weighted by Gasteiger charge is -2.25. The van der Waals surface area contributed by atoms with Crippen LogP contribution in [0.5, 0.6) is 5.75 Å². The molecule has 3 nitrogen and oxygen atoms in total. The zero-order valence-electron chi connectivity index (χ0n) is 13.2. The van der Waals surface area contributed by atoms with Crippen LogP contribution in [0.25, 0.3) is 0 Å². The van der Waals surface area contributed by atoms with Crippen molar-refractivity contribution >= 4 is 5.91 Å². The number of benzene rings is 1. The van der Waals surface area contributed by atoms with Crippen LogP contribution in [-0.2, 0) is 4.79 Å². The Bertz CT molecular complexity index is 540. The standard InChI is InChI=1S/C18H25NO2/c1-11-5-4-6-17(12(11)2)21-13(3)18(20)19-16-10-14-7-8-15(16)9-14/h4-6,13-16H,7-10H2,1-3H3,(H,19,20)/t13-,14-,15-,16+/m1/s1. The van der Waals surface area contributed by atoms with Crippen LogP contribution in [0.2, 0.25) is 0 Å². The molecule has 3 rings (SSSR count). The van der Waals surface area contributed by atoms with Crippen molar-refractivity contribution < 1.29 is 9.53 Å². The van der Waals surface area contributed by atoms with Crippen LogP contribution in [0.1, 0.15) is 43.7 Å². The van der Waals surface area contributed by atoms with Gasteiger partial charge in [0.2, 0.25) is 0 Å². The monoisotopic (exact) mass is 287 g/mol. The first-order valence-electron chi connectivity index (χ1n) is 8.08. The van der Waals surface area contributed by atoms with Crippen LogP contribution >= 0.6 is 0 Å². The number of fused-ring (bicyclic) bond motifs is 2. The molecular weight excluding hydrogens is 262 g/mol. The van der Waals surface area contributed by atoms with Crippen molar-refractivity contribution in [3.05, 3.63) is 29.3 Å². The summed E-state index contributed by atoms with van der Waals surface area (Å²) in [5.74, 6) is 2.38. The normalized spacial score (nSPS) is 28.4. The molecule has 114 valence electrons. The second-order valence-corrected chi connectivity index (χ2v) is 6.75. The smallest absolute Gasteiger partial charge is 0.261 e. The number of carbonyl (C=O) groups excluding carboxylic acids is 1. The summed E-state index contributed by atoms with van der Waals surface area (Å²) in [6.45, 7) is 5.93. The molecule has 1 N–H and O–H groups in total. The highest BCUT2D eigenvalue weighted by atomic mass is 16.5. The summed E-state index contributed by atoms with van der Waals surface area (Å²) in [4.78, 5) is 12.3. The number of hydrogen-bond acceptors (Lipinski definition) is 2. The Morgan fingerprint density at radius 3 is 2.76 bits per heavy atom. The number of amides is 1. The minimum Gasteiger partial charge on any atom is -0.481 e. The summed E-state index contributed by atoms with van der Waals surface area (Å²) in [6, 6.07) is 6.34. The minimum atomic E-state index is -0.440. The molecular formula is C18H25NO2. The Hall–Kier alpha value is -1.51. The van der Waals surface area contributed by atoms with E-state index in [1.54, 1.807) is 0 Å². The van der Waals surface area contributed by atoms with Crippen LogP contribution in [0, 0.1) is 25.7 Å². The number of aryl methyl sites for hydroxylation is 1. The van der Waals surface area contributed by atoms with Gasteiger partial charge in [0, 0.05) is 6.04 Å². The van der Waals surface area contributed by atoms with Crippen molar-refractivity contribution in [3.63, 3.8) is 0 Å². The van der Waals surface area contributed by atoms with Crippen LogP contribution < -0.4 is 10.1 Å². The van der Waals surface area contributed by atoms with Crippen LogP contribution in [0.4, 0.5) is 0 Å². The SMILES string of the molecule is Cc1cccc(O[C@H](C)C(=O)N[C@H]2C[C@@H]3CC[C@@H]2C3)c1C. The maximum Gasteiger partial charge on any atom is 0.261 e. The van der Waals surface area contributed by atoms with Gasteiger partial charge in [0.15, 0.2) is 6.10 Å². The lowest BCUT2D eigenvalue weighted by Crippen LogP contribution is -2.44. The average Bonchev–Trinajstić information content (AvgIpc) is 3.06. The predicted molar refractivity (Wildman–Crippen MR) is 83.4 cm³/mol. The third-order valence-corrected chi connectivity index (χ3v) is 5.29. The Morgan fingerprint density at radius 1 is 1.29 bits per heavy atom. The highest BCUT2D eigenvalue weighted by Gasteiger charge is 2.40. The minimum absolute atomic E-state index is 0.0217. The molecule has 2 aliphatic rings. The van der Waals surface area contributed by atoms with E-state index in [4.69, 9.17) is 4.74 Å². The van der Waals surface area contributed by atoms with Gasteiger partial charge in [-0.05, 0) is 69.1 Å². The molecule has 4 atom stereocenters. The van der Waals surface area contributed by atoms with E-state index in [1.165, 1.54) is 24.8 Å². The first kappa shape index (κ1) is 14.4. The van der Waals surface area contributed by atoms with Gasteiger partial charge in [0.05, 0.1) is 0 Å². The molecule has 1 aromatic rings. The molecule has 2 bridgehead atoms. The van der Waals surface area contributed by atoms with E-state index in [0.717, 1.165) is 23.7 Å². The van der Waals surface area contributed by atoms with Crippen molar-refractivity contribution in [1.82, 2.24) is 5.32 Å². The molecule has 2 saturated carbocycles. The van der Waals surface area contributed by atoms with Crippen molar-refractivity contribution in [2.45, 2.75) is 58.6 Å². The summed E-state index contributed by atoms with van der Waals surface area (Å²) in [7, 11) is 0. The number of hydrogen-bond donors (Lipinski definition) is 1. The summed E-state index contributed by atoms with van der Waals surface area (Å²) < 4.78 is 5.87. The lowest BCUT2D eigenvalue weighted by molar-refractivity contribution is -0.128. The van der Waals surface area contributed by atoms with E-state index < -0.39 is 6.10 Å². The Kier molecular flexibility index (Phi) is 3.92. The molecule has 21 heavy (non-hydrogen) atoms. The topological polar surface area (TPSA) is 38.3 Å². The number of ether oxygens (including phenoxy) is 1. The van der Waals surface area contributed by atoms with Gasteiger partial charge < -0.3 is 10.1 Å². The zero-order valence-corrected chi connectivity index (χ0v) is 13.2. The van der Waals surface area contributed by atoms with Gasteiger partial charge in [-0.1, -0.05) is 18.6 Å². The van der Waals surface area contributed by atoms with E-state index in [-0.39, 0.29) is 5.91 Å². The third-order valence-electron chi connectivity index (χ3n) is 5.29. The molecule has 2 aliphatic carbocycles. The van der Waals surface area contributed by atoms with Gasteiger partial charge in [-0.2, -0.15) is 0 Å². The van der Waals surface area contributed by atoms with Gasteiger partial charge >= 0.3 is 0 Å². The highest BCUT2D eigenvalue weighted by Crippen LogP contribution is 2.44. The van der Waals surface area contributed by atoms with Crippen molar-refractivity contribution in [3.8, 4) is 5.75 Å². The van der Waals surface area contributed by atoms with E-state index >= 15 is 0 Å². The number of nitrogens with one attached hydrogen (secondary N) is 1. The molecule has 3 heteroatoms. The van der Waals surface area contributed by atoms with E-state index in [1.807, 2.05) is 26.0 Å². The van der Waals surface area contributed by atoms with Gasteiger partial charge in [-0.15, -0.1) is 0 Å². The molecule has 2 fully saturated rings. The second kappa shape index (κ2) is 5.70. The first-order chi connectivity index (χ1) is 10.0. The van der Waals surface area contributed by atoms with Crippen LogP contribution in [-0.4, -0.2) is 18.1 Å². The van der Waals surface area contributed by atoms with Gasteiger partial charge in [0.1, 0.15) is 5.75 Å². The molecule has 0 spiro atoms. The quantitative estimate of drug-likeness (QED) is 0.922. The summed E-state index contributed by atoms with van der Waals surface area (Å²) in [6.07, 6.45) is 4.65. The molecule has 0 heterocycles. The summed E-state index contributed by atoms with van der Waals surface area (Å²) in [5, 5.41) is 3.20. The molecule has 0 aliphatic heterocycles. The molecule has 0 unspecified atom stereocenters. The fourth-order valence-corrected chi connectivity index (χ4v) is 3.82. The van der Waals surface area contributed by atoms with E-state index in [0.29, 0.717) is 12.0 Å². The van der Waals surface area contributed by atoms with Crippen LogP contribution in [0.15, 0.2) is 18.2 Å². The lowest BCUT2D eigenvalue weighted by atomic mass is 9.95. The predicted octanol–water partition coefficient (Wildman–Crippen LogP) is 3.38. The molecule has 1 amide bonds. The maximum absolute atomic E-state index is 12.3. The fourth-order valence-electron chi connectivity index (χ4n) is 3.82. The fraction of sp³-hybridized carbons (Fsp3) is 0.611. The zero-order chi connectivity index (χ0) is 15.0. The molecule has 0 aromatic heterocycles. The summed E-state index contributed by atoms with van der Waals surface area (Å²) >= 11 is 0. The Labute approximate surface area is 127 Å². The van der Waals surface area contributed by atoms with E-state index in [2.05, 4.69) is 18.3 Å². The van der Waals surface area contributed by atoms with Crippen molar-refractivity contribution in [1.29, 1.82) is 0 Å². The van der Waals surface area contributed by atoms with Crippen molar-refractivity contribution in [2.75, 3.05) is 0 Å². The highest BCUT2D eigenvalue weighted by molar-refractivity contribution is 5.81. The van der Waals surface area contributed by atoms with Gasteiger partial charge in [0.25, 0.3) is 5.91 Å².